The van der Waals surface area contributed by atoms with Gasteiger partial charge in [0.25, 0.3) is 0 Å². The molecule has 4 aliphatic heterocycles. The van der Waals surface area contributed by atoms with Crippen molar-refractivity contribution in [3.8, 4) is 0 Å². The maximum absolute atomic E-state index is 3.81. The SMILES string of the molecule is c1ccc(N2C3CC(NCN3)N(c3ccccc3)C3CC(NCN3)N(c3ccccc3)C3CC2NCN3)cc1. The molecule has 0 aromatic heterocycles. The molecule has 0 radical (unpaired) electrons. The van der Waals surface area contributed by atoms with Gasteiger partial charge in [0, 0.05) is 56.3 Å². The molecule has 4 saturated heterocycles. The number of rotatable bonds is 3. The third kappa shape index (κ3) is 4.98. The highest BCUT2D eigenvalue weighted by Gasteiger charge is 2.42. The second kappa shape index (κ2) is 11.1. The summed E-state index contributed by atoms with van der Waals surface area (Å²) in [5, 5.41) is 22.8. The molecule has 6 unspecified atom stereocenters. The van der Waals surface area contributed by atoms with E-state index in [1.165, 1.54) is 17.1 Å². The first-order chi connectivity index (χ1) is 19.3. The van der Waals surface area contributed by atoms with Gasteiger partial charge in [0.2, 0.25) is 0 Å². The molecule has 0 saturated carbocycles. The van der Waals surface area contributed by atoms with Crippen LogP contribution in [0.3, 0.4) is 0 Å². The maximum atomic E-state index is 3.81. The fourth-order valence-corrected chi connectivity index (χ4v) is 6.82. The standard InChI is InChI=1S/C30H39N9/c1-4-10-22(11-5-1)37-25-16-27(33-19-31-25)38(23-12-6-2-7-13-23)29-18-30(36-21-35-29)39(24-14-8-3-9-15-24)28-17-26(37)32-20-34-28/h1-15,25-36H,16-21H2. The minimum Gasteiger partial charge on any atom is -0.340 e. The van der Waals surface area contributed by atoms with Crippen LogP contribution in [0.2, 0.25) is 0 Å². The molecule has 0 aliphatic carbocycles. The van der Waals surface area contributed by atoms with Gasteiger partial charge >= 0.3 is 0 Å². The molecule has 3 aromatic carbocycles. The van der Waals surface area contributed by atoms with Crippen molar-refractivity contribution in [1.82, 2.24) is 31.9 Å². The molecule has 4 heterocycles. The number of nitrogens with one attached hydrogen (secondary N) is 6. The minimum absolute atomic E-state index is 0.170. The van der Waals surface area contributed by atoms with Crippen LogP contribution in [-0.4, -0.2) is 57.0 Å². The largest absolute Gasteiger partial charge is 0.340 e. The average molecular weight is 526 g/mol. The number of nitrogens with zero attached hydrogens (tertiary/aromatic N) is 3. The lowest BCUT2D eigenvalue weighted by Crippen LogP contribution is -2.74. The summed E-state index contributed by atoms with van der Waals surface area (Å²) < 4.78 is 0. The Hall–Kier alpha value is -3.18. The number of para-hydroxylation sites is 3. The highest BCUT2D eigenvalue weighted by molar-refractivity contribution is 5.53. The van der Waals surface area contributed by atoms with Gasteiger partial charge in [-0.3, -0.25) is 31.9 Å². The van der Waals surface area contributed by atoms with Gasteiger partial charge in [0.1, 0.15) is 0 Å². The van der Waals surface area contributed by atoms with Crippen molar-refractivity contribution in [1.29, 1.82) is 0 Å². The molecule has 7 rings (SSSR count). The van der Waals surface area contributed by atoms with Gasteiger partial charge in [0.15, 0.2) is 0 Å². The Morgan fingerprint density at radius 3 is 0.821 bits per heavy atom. The normalized spacial score (nSPS) is 31.2. The van der Waals surface area contributed by atoms with E-state index in [-0.39, 0.29) is 37.0 Å². The Bertz CT molecular complexity index is 1020. The second-order valence-corrected chi connectivity index (χ2v) is 10.8. The van der Waals surface area contributed by atoms with Crippen molar-refractivity contribution < 1.29 is 0 Å². The van der Waals surface area contributed by atoms with Crippen LogP contribution in [0.4, 0.5) is 17.1 Å². The molecule has 9 nitrogen and oxygen atoms in total. The topological polar surface area (TPSA) is 81.9 Å². The van der Waals surface area contributed by atoms with E-state index >= 15 is 0 Å². The van der Waals surface area contributed by atoms with Crippen LogP contribution in [0.1, 0.15) is 19.3 Å². The number of benzene rings is 3. The van der Waals surface area contributed by atoms with Gasteiger partial charge in [-0.15, -0.1) is 0 Å². The lowest BCUT2D eigenvalue weighted by atomic mass is 10.0. The van der Waals surface area contributed by atoms with E-state index in [4.69, 9.17) is 0 Å². The molecule has 204 valence electrons. The number of hydrogen-bond acceptors (Lipinski definition) is 9. The van der Waals surface area contributed by atoms with Crippen LogP contribution < -0.4 is 46.6 Å². The van der Waals surface area contributed by atoms with Crippen molar-refractivity contribution in [2.45, 2.75) is 56.3 Å². The first-order valence-electron chi connectivity index (χ1n) is 14.3. The van der Waals surface area contributed by atoms with Crippen LogP contribution in [0.5, 0.6) is 0 Å². The monoisotopic (exact) mass is 525 g/mol. The Balaban J connectivity index is 1.35. The van der Waals surface area contributed by atoms with Gasteiger partial charge in [-0.2, -0.15) is 0 Å². The van der Waals surface area contributed by atoms with E-state index in [0.717, 1.165) is 39.3 Å². The van der Waals surface area contributed by atoms with Crippen molar-refractivity contribution in [2.75, 3.05) is 34.7 Å². The summed E-state index contributed by atoms with van der Waals surface area (Å²) in [4.78, 5) is 7.73. The minimum atomic E-state index is 0.170. The quantitative estimate of drug-likeness (QED) is 0.308. The van der Waals surface area contributed by atoms with Crippen molar-refractivity contribution in [3.63, 3.8) is 0 Å². The highest BCUT2D eigenvalue weighted by Crippen LogP contribution is 2.32. The third-order valence-electron chi connectivity index (χ3n) is 8.54. The van der Waals surface area contributed by atoms with Gasteiger partial charge < -0.3 is 14.7 Å². The smallest absolute Gasteiger partial charge is 0.0854 e. The fraction of sp³-hybridized carbons (Fsp3) is 0.400. The summed E-state index contributed by atoms with van der Waals surface area (Å²) in [5.41, 5.74) is 3.71. The zero-order valence-electron chi connectivity index (χ0n) is 22.2. The van der Waals surface area contributed by atoms with Crippen molar-refractivity contribution >= 4 is 17.1 Å². The van der Waals surface area contributed by atoms with Crippen molar-refractivity contribution in [2.24, 2.45) is 0 Å². The molecule has 39 heavy (non-hydrogen) atoms. The molecular formula is C30H39N9. The predicted octanol–water partition coefficient (Wildman–Crippen LogP) is 2.10. The van der Waals surface area contributed by atoms with E-state index in [9.17, 15) is 0 Å². The van der Waals surface area contributed by atoms with Gasteiger partial charge in [-0.1, -0.05) is 54.6 Å². The Labute approximate surface area is 230 Å². The molecule has 9 heteroatoms. The van der Waals surface area contributed by atoms with Gasteiger partial charge in [-0.25, -0.2) is 0 Å². The number of anilines is 3. The molecule has 4 aliphatic rings. The first-order valence-corrected chi connectivity index (χ1v) is 14.3. The van der Waals surface area contributed by atoms with Crippen LogP contribution in [0, 0.1) is 0 Å². The highest BCUT2D eigenvalue weighted by atomic mass is 15.5. The van der Waals surface area contributed by atoms with Crippen LogP contribution in [-0.2, 0) is 0 Å². The zero-order valence-corrected chi connectivity index (χ0v) is 22.2. The summed E-state index contributed by atoms with van der Waals surface area (Å²) in [7, 11) is 0. The van der Waals surface area contributed by atoms with E-state index in [0.29, 0.717) is 0 Å². The predicted molar refractivity (Wildman–Crippen MR) is 157 cm³/mol. The number of hydrogen-bond donors (Lipinski definition) is 6. The summed E-state index contributed by atoms with van der Waals surface area (Å²) in [5.74, 6) is 0. The van der Waals surface area contributed by atoms with Crippen LogP contribution in [0.25, 0.3) is 0 Å². The summed E-state index contributed by atoms with van der Waals surface area (Å²) in [6.07, 6.45) is 3.85. The van der Waals surface area contributed by atoms with Crippen LogP contribution in [0.15, 0.2) is 91.0 Å². The summed E-state index contributed by atoms with van der Waals surface area (Å²) in [6.45, 7) is 2.25. The van der Waals surface area contributed by atoms with E-state index in [1.807, 2.05) is 0 Å². The molecule has 0 amide bonds. The molecule has 3 aromatic rings. The molecule has 6 N–H and O–H groups in total. The van der Waals surface area contributed by atoms with Crippen LogP contribution >= 0.6 is 0 Å². The molecule has 6 atom stereocenters. The Morgan fingerprint density at radius 2 is 0.590 bits per heavy atom. The second-order valence-electron chi connectivity index (χ2n) is 10.8. The number of fused-ring (bicyclic) bond motifs is 6. The first kappa shape index (κ1) is 24.8. The Morgan fingerprint density at radius 1 is 0.359 bits per heavy atom. The summed E-state index contributed by atoms with van der Waals surface area (Å²) in [6, 6.07) is 32.6. The maximum Gasteiger partial charge on any atom is 0.0854 e. The zero-order chi connectivity index (χ0) is 26.0. The molecular weight excluding hydrogens is 486 g/mol. The lowest BCUT2D eigenvalue weighted by Gasteiger charge is -2.54. The third-order valence-corrected chi connectivity index (χ3v) is 8.54. The van der Waals surface area contributed by atoms with Gasteiger partial charge in [-0.05, 0) is 36.4 Å². The average Bonchev–Trinajstić information content (AvgIpc) is 3.00. The fourth-order valence-electron chi connectivity index (χ4n) is 6.82. The van der Waals surface area contributed by atoms with E-state index < -0.39 is 0 Å². The molecule has 0 spiro atoms. The van der Waals surface area contributed by atoms with E-state index in [2.05, 4.69) is 138 Å². The Kier molecular flexibility index (Phi) is 7.09. The molecule has 6 bridgehead atoms. The van der Waals surface area contributed by atoms with Gasteiger partial charge in [0.05, 0.1) is 37.0 Å². The van der Waals surface area contributed by atoms with Crippen molar-refractivity contribution in [3.05, 3.63) is 91.0 Å². The lowest BCUT2D eigenvalue weighted by molar-refractivity contribution is 0.187. The van der Waals surface area contributed by atoms with E-state index in [1.54, 1.807) is 0 Å². The summed E-state index contributed by atoms with van der Waals surface area (Å²) >= 11 is 0. The molecule has 4 fully saturated rings.